The van der Waals surface area contributed by atoms with Crippen LogP contribution < -0.4 is 10.1 Å². The van der Waals surface area contributed by atoms with Gasteiger partial charge in [0.2, 0.25) is 0 Å². The Hall–Kier alpha value is -3.19. The second-order valence-electron chi connectivity index (χ2n) is 5.89. The number of nitrogens with one attached hydrogen (secondary N) is 1. The van der Waals surface area contributed by atoms with Gasteiger partial charge in [-0.1, -0.05) is 18.2 Å². The fourth-order valence-electron chi connectivity index (χ4n) is 2.61. The van der Waals surface area contributed by atoms with Gasteiger partial charge < -0.3 is 14.8 Å². The maximum atomic E-state index is 12.7. The number of pyridine rings is 1. The molecule has 0 aliphatic heterocycles. The van der Waals surface area contributed by atoms with E-state index >= 15 is 0 Å². The molecule has 2 heterocycles. The lowest BCUT2D eigenvalue weighted by Crippen LogP contribution is -2.14. The predicted octanol–water partition coefficient (Wildman–Crippen LogP) is 3.24. The molecule has 0 unspecified atom stereocenters. The summed E-state index contributed by atoms with van der Waals surface area (Å²) in [5.41, 5.74) is 1.81. The van der Waals surface area contributed by atoms with Crippen LogP contribution in [0.1, 0.15) is 22.5 Å². The smallest absolute Gasteiger partial charge is 0.259 e. The van der Waals surface area contributed by atoms with Crippen LogP contribution in [-0.2, 0) is 4.74 Å². The molecule has 27 heavy (non-hydrogen) atoms. The second kappa shape index (κ2) is 8.95. The topological polar surface area (TPSA) is 78.3 Å². The lowest BCUT2D eigenvalue weighted by Gasteiger charge is -2.12. The number of anilines is 1. The molecule has 1 amide bonds. The van der Waals surface area contributed by atoms with Crippen LogP contribution in [0.3, 0.4) is 0 Å². The molecule has 7 heteroatoms. The molecule has 0 saturated heterocycles. The number of ether oxygens (including phenoxy) is 2. The van der Waals surface area contributed by atoms with E-state index in [1.54, 1.807) is 24.2 Å². The van der Waals surface area contributed by atoms with Crippen molar-refractivity contribution in [2.45, 2.75) is 13.3 Å². The van der Waals surface area contributed by atoms with E-state index in [-0.39, 0.29) is 5.91 Å². The maximum Gasteiger partial charge on any atom is 0.259 e. The molecule has 0 saturated carbocycles. The molecular formula is C20H22N4O3. The number of hydrogen-bond donors (Lipinski definition) is 1. The van der Waals surface area contributed by atoms with Crippen molar-refractivity contribution in [3.63, 3.8) is 0 Å². The molecule has 0 radical (unpaired) electrons. The molecule has 0 aliphatic rings. The number of aromatic nitrogens is 3. The van der Waals surface area contributed by atoms with Crippen LogP contribution in [0.15, 0.2) is 54.9 Å². The number of methoxy groups -OCH3 is 1. The van der Waals surface area contributed by atoms with Gasteiger partial charge in [-0.3, -0.25) is 4.79 Å². The molecule has 3 rings (SSSR count). The van der Waals surface area contributed by atoms with Crippen molar-refractivity contribution in [3.05, 3.63) is 66.1 Å². The summed E-state index contributed by atoms with van der Waals surface area (Å²) < 4.78 is 12.4. The minimum Gasteiger partial charge on any atom is -0.491 e. The van der Waals surface area contributed by atoms with Gasteiger partial charge in [0, 0.05) is 26.3 Å². The Kier molecular flexibility index (Phi) is 6.17. The Morgan fingerprint density at radius 2 is 1.96 bits per heavy atom. The first-order chi connectivity index (χ1) is 13.2. The minimum atomic E-state index is -0.248. The zero-order chi connectivity index (χ0) is 19.1. The molecule has 1 N–H and O–H groups in total. The third kappa shape index (κ3) is 4.51. The van der Waals surface area contributed by atoms with Crippen molar-refractivity contribution >= 4 is 11.6 Å². The van der Waals surface area contributed by atoms with Crippen LogP contribution in [0.4, 0.5) is 5.69 Å². The van der Waals surface area contributed by atoms with Crippen molar-refractivity contribution < 1.29 is 14.3 Å². The number of amides is 1. The highest BCUT2D eigenvalue weighted by molar-refractivity contribution is 6.05. The lowest BCUT2D eigenvalue weighted by molar-refractivity contribution is 0.102. The Morgan fingerprint density at radius 1 is 1.15 bits per heavy atom. The second-order valence-corrected chi connectivity index (χ2v) is 5.89. The van der Waals surface area contributed by atoms with E-state index in [2.05, 4.69) is 15.4 Å². The highest BCUT2D eigenvalue weighted by atomic mass is 16.5. The Labute approximate surface area is 158 Å². The molecule has 0 spiro atoms. The van der Waals surface area contributed by atoms with Crippen LogP contribution in [0.5, 0.6) is 5.75 Å². The fraction of sp³-hybridized carbons (Fsp3) is 0.250. The van der Waals surface area contributed by atoms with Gasteiger partial charge in [0.05, 0.1) is 29.7 Å². The average molecular weight is 366 g/mol. The molecule has 0 atom stereocenters. The van der Waals surface area contributed by atoms with Gasteiger partial charge in [-0.15, -0.1) is 0 Å². The van der Waals surface area contributed by atoms with Gasteiger partial charge >= 0.3 is 0 Å². The lowest BCUT2D eigenvalue weighted by atomic mass is 10.2. The third-order valence-electron chi connectivity index (χ3n) is 4.01. The summed E-state index contributed by atoms with van der Waals surface area (Å²) in [6.07, 6.45) is 4.00. The number of rotatable bonds is 8. The van der Waals surface area contributed by atoms with E-state index in [0.29, 0.717) is 41.7 Å². The minimum absolute atomic E-state index is 0.248. The zero-order valence-corrected chi connectivity index (χ0v) is 15.4. The molecule has 3 aromatic rings. The predicted molar refractivity (Wildman–Crippen MR) is 102 cm³/mol. The first-order valence-corrected chi connectivity index (χ1v) is 8.69. The van der Waals surface area contributed by atoms with Crippen LogP contribution in [0.25, 0.3) is 5.82 Å². The molecule has 1 aromatic carbocycles. The van der Waals surface area contributed by atoms with Crippen molar-refractivity contribution in [1.29, 1.82) is 0 Å². The summed E-state index contributed by atoms with van der Waals surface area (Å²) in [5, 5.41) is 7.19. The number of carbonyl (C=O) groups excluding carboxylic acids is 1. The third-order valence-corrected chi connectivity index (χ3v) is 4.01. The molecule has 0 aliphatic carbocycles. The quantitative estimate of drug-likeness (QED) is 0.619. The summed E-state index contributed by atoms with van der Waals surface area (Å²) in [6.45, 7) is 2.97. The zero-order valence-electron chi connectivity index (χ0n) is 15.4. The molecule has 140 valence electrons. The highest BCUT2D eigenvalue weighted by Gasteiger charge is 2.17. The highest BCUT2D eigenvalue weighted by Crippen LogP contribution is 2.25. The van der Waals surface area contributed by atoms with Crippen molar-refractivity contribution in [2.24, 2.45) is 0 Å². The van der Waals surface area contributed by atoms with Crippen LogP contribution in [0.2, 0.25) is 0 Å². The van der Waals surface area contributed by atoms with Crippen LogP contribution >= 0.6 is 0 Å². The molecule has 0 bridgehead atoms. The summed E-state index contributed by atoms with van der Waals surface area (Å²) >= 11 is 0. The molecule has 2 aromatic heterocycles. The Morgan fingerprint density at radius 3 is 2.74 bits per heavy atom. The van der Waals surface area contributed by atoms with Gasteiger partial charge in [-0.2, -0.15) is 5.10 Å². The van der Waals surface area contributed by atoms with E-state index in [1.807, 2.05) is 49.4 Å². The average Bonchev–Trinajstić information content (AvgIpc) is 3.08. The number of benzene rings is 1. The van der Waals surface area contributed by atoms with Crippen molar-refractivity contribution in [3.8, 4) is 11.6 Å². The molecular weight excluding hydrogens is 344 g/mol. The van der Waals surface area contributed by atoms with E-state index in [9.17, 15) is 4.79 Å². The van der Waals surface area contributed by atoms with Gasteiger partial charge in [0.25, 0.3) is 5.91 Å². The van der Waals surface area contributed by atoms with Gasteiger partial charge in [0.15, 0.2) is 5.82 Å². The van der Waals surface area contributed by atoms with E-state index in [0.717, 1.165) is 6.42 Å². The fourth-order valence-corrected chi connectivity index (χ4v) is 2.61. The van der Waals surface area contributed by atoms with E-state index in [1.165, 1.54) is 0 Å². The van der Waals surface area contributed by atoms with Gasteiger partial charge in [-0.05, 0) is 31.2 Å². The number of para-hydroxylation sites is 2. The first-order valence-electron chi connectivity index (χ1n) is 8.69. The monoisotopic (exact) mass is 366 g/mol. The number of nitrogens with zero attached hydrogens (tertiary/aromatic N) is 3. The number of carbonyl (C=O) groups is 1. The van der Waals surface area contributed by atoms with E-state index < -0.39 is 0 Å². The van der Waals surface area contributed by atoms with Crippen molar-refractivity contribution in [1.82, 2.24) is 14.8 Å². The van der Waals surface area contributed by atoms with Crippen molar-refractivity contribution in [2.75, 3.05) is 25.6 Å². The van der Waals surface area contributed by atoms with Gasteiger partial charge in [0.1, 0.15) is 5.75 Å². The van der Waals surface area contributed by atoms with Crippen LogP contribution in [0, 0.1) is 6.92 Å². The Balaban J connectivity index is 1.74. The largest absolute Gasteiger partial charge is 0.491 e. The first kappa shape index (κ1) is 18.6. The SMILES string of the molecule is COCCCOc1ccccc1NC(=O)c1cnn(-c2ccccn2)c1C. The summed E-state index contributed by atoms with van der Waals surface area (Å²) in [6, 6.07) is 12.9. The summed E-state index contributed by atoms with van der Waals surface area (Å²) in [4.78, 5) is 17.0. The van der Waals surface area contributed by atoms with Crippen LogP contribution in [-0.4, -0.2) is 41.0 Å². The van der Waals surface area contributed by atoms with E-state index in [4.69, 9.17) is 9.47 Å². The standard InChI is InChI=1S/C20H22N4O3/c1-15-16(14-22-24(15)19-10-5-6-11-21-19)20(25)23-17-8-3-4-9-18(17)27-13-7-12-26-2/h3-6,8-11,14H,7,12-13H2,1-2H3,(H,23,25). The summed E-state index contributed by atoms with van der Waals surface area (Å²) in [7, 11) is 1.65. The summed E-state index contributed by atoms with van der Waals surface area (Å²) in [5.74, 6) is 1.04. The van der Waals surface area contributed by atoms with Gasteiger partial charge in [-0.25, -0.2) is 9.67 Å². The maximum absolute atomic E-state index is 12.7. The normalized spacial score (nSPS) is 10.6. The number of hydrogen-bond acceptors (Lipinski definition) is 5. The molecule has 7 nitrogen and oxygen atoms in total. The molecule has 0 fully saturated rings. The Bertz CT molecular complexity index is 893.